The molecule has 2 heterocycles. The number of nitrogens with one attached hydrogen (secondary N) is 1. The number of benzene rings is 1. The Morgan fingerprint density at radius 2 is 1.89 bits per heavy atom. The fourth-order valence-electron chi connectivity index (χ4n) is 4.05. The number of ether oxygens (including phenoxy) is 1. The van der Waals surface area contributed by atoms with Gasteiger partial charge in [-0.2, -0.15) is 0 Å². The largest absolute Gasteiger partial charge is 0.481 e. The van der Waals surface area contributed by atoms with E-state index in [2.05, 4.69) is 9.88 Å². The van der Waals surface area contributed by atoms with E-state index in [4.69, 9.17) is 4.74 Å². The number of rotatable bonds is 6. The van der Waals surface area contributed by atoms with Crippen molar-refractivity contribution in [2.24, 2.45) is 11.8 Å². The van der Waals surface area contributed by atoms with Crippen molar-refractivity contribution < 1.29 is 19.4 Å². The molecule has 28 heavy (non-hydrogen) atoms. The number of amides is 1. The minimum absolute atomic E-state index is 0.0333. The zero-order valence-corrected chi connectivity index (χ0v) is 16.7. The average Bonchev–Trinajstić information content (AvgIpc) is 2.97. The maximum Gasteiger partial charge on any atom is 0.308 e. The number of hydrogen-bond donors (Lipinski definition) is 2. The predicted molar refractivity (Wildman–Crippen MR) is 107 cm³/mol. The van der Waals surface area contributed by atoms with Crippen molar-refractivity contribution in [2.45, 2.75) is 33.6 Å². The van der Waals surface area contributed by atoms with Gasteiger partial charge in [0.05, 0.1) is 11.5 Å². The lowest BCUT2D eigenvalue weighted by atomic mass is 9.86. The Morgan fingerprint density at radius 3 is 2.54 bits per heavy atom. The highest BCUT2D eigenvalue weighted by atomic mass is 16.5. The highest BCUT2D eigenvalue weighted by Gasteiger charge is 2.30. The molecule has 1 saturated heterocycles. The maximum absolute atomic E-state index is 12.8. The zero-order chi connectivity index (χ0) is 20.3. The van der Waals surface area contributed by atoms with Crippen LogP contribution in [0.4, 0.5) is 0 Å². The minimum atomic E-state index is -0.863. The summed E-state index contributed by atoms with van der Waals surface area (Å²) in [6.07, 6.45) is 1.43. The lowest BCUT2D eigenvalue weighted by molar-refractivity contribution is -0.144. The number of carbonyl (C=O) groups excluding carboxylic acids is 1. The molecule has 1 unspecified atom stereocenters. The number of carbonyl (C=O) groups is 2. The van der Waals surface area contributed by atoms with E-state index in [1.165, 1.54) is 0 Å². The van der Waals surface area contributed by atoms with E-state index in [0.29, 0.717) is 31.6 Å². The first kappa shape index (κ1) is 20.1. The molecule has 150 valence electrons. The van der Waals surface area contributed by atoms with E-state index < -0.39 is 11.9 Å². The molecule has 6 nitrogen and oxygen atoms in total. The highest BCUT2D eigenvalue weighted by molar-refractivity contribution is 5.96. The summed E-state index contributed by atoms with van der Waals surface area (Å²) < 4.78 is 7.39. The van der Waals surface area contributed by atoms with E-state index in [0.717, 1.165) is 22.6 Å². The van der Waals surface area contributed by atoms with Crippen LogP contribution in [0.2, 0.25) is 0 Å². The number of para-hydroxylation sites is 1. The van der Waals surface area contributed by atoms with Crippen LogP contribution in [0.1, 0.15) is 40.2 Å². The summed E-state index contributed by atoms with van der Waals surface area (Å²) in [5.74, 6) is -1.65. The Bertz CT molecular complexity index is 865. The molecule has 1 aliphatic rings. The lowest BCUT2D eigenvalue weighted by Gasteiger charge is -2.27. The van der Waals surface area contributed by atoms with E-state index in [-0.39, 0.29) is 18.4 Å². The van der Waals surface area contributed by atoms with Crippen LogP contribution in [-0.2, 0) is 9.53 Å². The van der Waals surface area contributed by atoms with E-state index in [1.54, 1.807) is 0 Å². The van der Waals surface area contributed by atoms with Crippen LogP contribution >= 0.6 is 0 Å². The zero-order valence-electron chi connectivity index (χ0n) is 16.7. The van der Waals surface area contributed by atoms with Crippen LogP contribution < -0.4 is 5.32 Å². The van der Waals surface area contributed by atoms with Crippen molar-refractivity contribution in [3.8, 4) is 5.69 Å². The van der Waals surface area contributed by atoms with Gasteiger partial charge in [0.2, 0.25) is 0 Å². The molecule has 0 spiro atoms. The molecule has 1 aromatic carbocycles. The van der Waals surface area contributed by atoms with Gasteiger partial charge in [0, 0.05) is 36.8 Å². The van der Waals surface area contributed by atoms with Gasteiger partial charge in [-0.25, -0.2) is 0 Å². The fourth-order valence-corrected chi connectivity index (χ4v) is 4.05. The molecule has 6 heteroatoms. The molecule has 2 N–H and O–H groups in total. The summed E-state index contributed by atoms with van der Waals surface area (Å²) in [5.41, 5.74) is 4.57. The topological polar surface area (TPSA) is 80.6 Å². The first-order valence-corrected chi connectivity index (χ1v) is 9.74. The van der Waals surface area contributed by atoms with Crippen LogP contribution in [0.25, 0.3) is 5.69 Å². The Labute approximate surface area is 165 Å². The summed E-state index contributed by atoms with van der Waals surface area (Å²) >= 11 is 0. The summed E-state index contributed by atoms with van der Waals surface area (Å²) in [7, 11) is 0. The number of nitrogens with zero attached hydrogens (tertiary/aromatic N) is 1. The number of aliphatic carboxylic acids is 1. The third-order valence-electron chi connectivity index (χ3n) is 5.67. The lowest BCUT2D eigenvalue weighted by Crippen LogP contribution is -2.39. The quantitative estimate of drug-likeness (QED) is 0.801. The van der Waals surface area contributed by atoms with E-state index in [1.807, 2.05) is 51.1 Å². The first-order chi connectivity index (χ1) is 13.4. The monoisotopic (exact) mass is 384 g/mol. The average molecular weight is 384 g/mol. The van der Waals surface area contributed by atoms with Gasteiger partial charge in [0.25, 0.3) is 5.91 Å². The third-order valence-corrected chi connectivity index (χ3v) is 5.67. The molecular weight excluding hydrogens is 356 g/mol. The smallest absolute Gasteiger partial charge is 0.308 e. The van der Waals surface area contributed by atoms with Gasteiger partial charge in [-0.05, 0) is 57.2 Å². The fraction of sp³-hybridized carbons (Fsp3) is 0.455. The molecular formula is C22H28N2O4. The van der Waals surface area contributed by atoms with Gasteiger partial charge in [-0.15, -0.1) is 0 Å². The van der Waals surface area contributed by atoms with Crippen LogP contribution in [-0.4, -0.2) is 41.3 Å². The van der Waals surface area contributed by atoms with Gasteiger partial charge in [0.1, 0.15) is 0 Å². The van der Waals surface area contributed by atoms with Gasteiger partial charge < -0.3 is 19.7 Å². The molecule has 0 saturated carbocycles. The molecule has 0 radical (unpaired) electrons. The number of aromatic nitrogens is 1. The van der Waals surface area contributed by atoms with Crippen molar-refractivity contribution in [1.82, 2.24) is 9.88 Å². The molecule has 1 fully saturated rings. The van der Waals surface area contributed by atoms with Crippen LogP contribution in [0, 0.1) is 32.6 Å². The van der Waals surface area contributed by atoms with Crippen molar-refractivity contribution in [3.05, 3.63) is 52.8 Å². The molecule has 1 atom stereocenters. The van der Waals surface area contributed by atoms with Gasteiger partial charge in [-0.1, -0.05) is 18.2 Å². The van der Waals surface area contributed by atoms with Crippen molar-refractivity contribution in [1.29, 1.82) is 0 Å². The van der Waals surface area contributed by atoms with Gasteiger partial charge in [0.15, 0.2) is 0 Å². The Balaban J connectivity index is 1.77. The number of carboxylic acid groups (broad SMARTS) is 1. The van der Waals surface area contributed by atoms with Crippen LogP contribution in [0.3, 0.4) is 0 Å². The molecule has 0 bridgehead atoms. The number of hydrogen-bond acceptors (Lipinski definition) is 3. The van der Waals surface area contributed by atoms with Crippen LogP contribution in [0.5, 0.6) is 0 Å². The third kappa shape index (κ3) is 4.12. The van der Waals surface area contributed by atoms with Gasteiger partial charge in [-0.3, -0.25) is 9.59 Å². The predicted octanol–water partition coefficient (Wildman–Crippen LogP) is 3.26. The molecule has 3 rings (SSSR count). The van der Waals surface area contributed by atoms with E-state index in [9.17, 15) is 14.7 Å². The molecule has 1 amide bonds. The highest BCUT2D eigenvalue weighted by Crippen LogP contribution is 2.25. The van der Waals surface area contributed by atoms with Crippen molar-refractivity contribution >= 4 is 11.9 Å². The maximum atomic E-state index is 12.8. The number of aryl methyl sites for hydroxylation is 2. The molecule has 2 aromatic rings. The normalized spacial score (nSPS) is 16.0. The summed E-state index contributed by atoms with van der Waals surface area (Å²) in [4.78, 5) is 24.5. The van der Waals surface area contributed by atoms with Crippen molar-refractivity contribution in [2.75, 3.05) is 19.8 Å². The first-order valence-electron chi connectivity index (χ1n) is 9.74. The summed E-state index contributed by atoms with van der Waals surface area (Å²) in [6.45, 7) is 7.23. The second kappa shape index (κ2) is 8.61. The Hall–Kier alpha value is -2.60. The summed E-state index contributed by atoms with van der Waals surface area (Å²) in [6, 6.07) is 9.90. The standard InChI is InChI=1S/C22H28N2O4/c1-14-6-4-5-7-20(14)24-15(2)12-18(16(24)3)21(25)23-13-19(22(26)27)17-8-10-28-11-9-17/h4-7,12,17,19H,8-11,13H2,1-3H3,(H,23,25)(H,26,27). The van der Waals surface area contributed by atoms with Crippen LogP contribution in [0.15, 0.2) is 30.3 Å². The number of carboxylic acids is 1. The second-order valence-electron chi connectivity index (χ2n) is 7.51. The minimum Gasteiger partial charge on any atom is -0.481 e. The van der Waals surface area contributed by atoms with E-state index >= 15 is 0 Å². The second-order valence-corrected chi connectivity index (χ2v) is 7.51. The van der Waals surface area contributed by atoms with Gasteiger partial charge >= 0.3 is 5.97 Å². The molecule has 1 aliphatic heterocycles. The Morgan fingerprint density at radius 1 is 1.21 bits per heavy atom. The van der Waals surface area contributed by atoms with Crippen molar-refractivity contribution in [3.63, 3.8) is 0 Å². The molecule has 1 aromatic heterocycles. The SMILES string of the molecule is Cc1ccccc1-n1c(C)cc(C(=O)NCC(C(=O)O)C2CCOCC2)c1C. The molecule has 0 aliphatic carbocycles. The summed E-state index contributed by atoms with van der Waals surface area (Å²) in [5, 5.41) is 12.4. The Kier molecular flexibility index (Phi) is 6.19.